The fourth-order valence-corrected chi connectivity index (χ4v) is 1.67. The van der Waals surface area contributed by atoms with Crippen LogP contribution in [0.1, 0.15) is 12.8 Å². The van der Waals surface area contributed by atoms with Crippen molar-refractivity contribution in [3.05, 3.63) is 30.3 Å². The Balaban J connectivity index is 1.84. The molecule has 4 nitrogen and oxygen atoms in total. The minimum Gasteiger partial charge on any atom is -0.490 e. The van der Waals surface area contributed by atoms with Crippen LogP contribution >= 0.6 is 0 Å². The molecule has 0 spiro atoms. The summed E-state index contributed by atoms with van der Waals surface area (Å²) in [5, 5.41) is 9.39. The van der Waals surface area contributed by atoms with Crippen molar-refractivity contribution >= 4 is 5.97 Å². The van der Waals surface area contributed by atoms with Crippen molar-refractivity contribution in [3.63, 3.8) is 0 Å². The number of benzene rings is 1. The highest BCUT2D eigenvalue weighted by Gasteiger charge is 2.27. The third kappa shape index (κ3) is 2.97. The van der Waals surface area contributed by atoms with Gasteiger partial charge in [-0.3, -0.25) is 4.79 Å². The summed E-state index contributed by atoms with van der Waals surface area (Å²) in [5.74, 6) is 0.374. The molecule has 0 bridgehead atoms. The van der Waals surface area contributed by atoms with Gasteiger partial charge < -0.3 is 14.6 Å². The molecule has 1 aromatic carbocycles. The van der Waals surface area contributed by atoms with Gasteiger partial charge in [-0.1, -0.05) is 18.2 Å². The van der Waals surface area contributed by atoms with Crippen molar-refractivity contribution in [2.75, 3.05) is 6.61 Å². The summed E-state index contributed by atoms with van der Waals surface area (Å²) in [6.45, 7) is 0.285. The normalized spacial score (nSPS) is 24.9. The van der Waals surface area contributed by atoms with E-state index < -0.39 is 6.10 Å². The maximum atomic E-state index is 11.1. The zero-order valence-electron chi connectivity index (χ0n) is 8.83. The largest absolute Gasteiger partial charge is 0.490 e. The predicted octanol–water partition coefficient (Wildman–Crippen LogP) is 1.13. The molecule has 0 saturated carbocycles. The molecule has 0 aromatic heterocycles. The van der Waals surface area contributed by atoms with Gasteiger partial charge in [0.15, 0.2) is 0 Å². The summed E-state index contributed by atoms with van der Waals surface area (Å²) in [7, 11) is 0. The molecule has 1 heterocycles. The minimum atomic E-state index is -0.606. The molecule has 2 unspecified atom stereocenters. The second-order valence-electron chi connectivity index (χ2n) is 3.83. The molecule has 16 heavy (non-hydrogen) atoms. The molecule has 1 aliphatic rings. The third-order valence-corrected chi connectivity index (χ3v) is 2.41. The Morgan fingerprint density at radius 3 is 2.81 bits per heavy atom. The van der Waals surface area contributed by atoms with Crippen molar-refractivity contribution in [1.82, 2.24) is 0 Å². The fraction of sp³-hybridized carbons (Fsp3) is 0.417. The molecule has 0 aliphatic carbocycles. The molecule has 0 amide bonds. The number of carbonyl (C=O) groups is 1. The monoisotopic (exact) mass is 222 g/mol. The Hall–Kier alpha value is -1.55. The van der Waals surface area contributed by atoms with E-state index in [-0.39, 0.29) is 25.1 Å². The van der Waals surface area contributed by atoms with E-state index in [0.29, 0.717) is 6.42 Å². The standard InChI is InChI=1S/C12H14O4/c13-9-6-11(16-12(14)7-9)8-15-10-4-2-1-3-5-10/h1-5,9,11,13H,6-8H2. The lowest BCUT2D eigenvalue weighted by Crippen LogP contribution is -2.36. The molecule has 1 N–H and O–H groups in total. The molecule has 1 aromatic rings. The summed E-state index contributed by atoms with van der Waals surface area (Å²) in [6.07, 6.45) is -0.428. The zero-order valence-corrected chi connectivity index (χ0v) is 8.83. The van der Waals surface area contributed by atoms with E-state index in [0.717, 1.165) is 5.75 Å². The van der Waals surface area contributed by atoms with Crippen LogP contribution in [0.3, 0.4) is 0 Å². The van der Waals surface area contributed by atoms with E-state index in [4.69, 9.17) is 9.47 Å². The van der Waals surface area contributed by atoms with Crippen LogP contribution < -0.4 is 4.74 Å². The van der Waals surface area contributed by atoms with Gasteiger partial charge in [0, 0.05) is 6.42 Å². The topological polar surface area (TPSA) is 55.8 Å². The zero-order chi connectivity index (χ0) is 11.4. The quantitative estimate of drug-likeness (QED) is 0.779. The van der Waals surface area contributed by atoms with Crippen LogP contribution in [-0.2, 0) is 9.53 Å². The Kier molecular flexibility index (Phi) is 3.41. The SMILES string of the molecule is O=C1CC(O)CC(COc2ccccc2)O1. The van der Waals surface area contributed by atoms with Gasteiger partial charge in [0.1, 0.15) is 18.5 Å². The van der Waals surface area contributed by atoms with Gasteiger partial charge in [-0.15, -0.1) is 0 Å². The van der Waals surface area contributed by atoms with Gasteiger partial charge in [0.2, 0.25) is 0 Å². The van der Waals surface area contributed by atoms with Gasteiger partial charge in [0.05, 0.1) is 12.5 Å². The summed E-state index contributed by atoms with van der Waals surface area (Å²) in [5.41, 5.74) is 0. The number of aliphatic hydroxyl groups is 1. The molecule has 2 atom stereocenters. The summed E-state index contributed by atoms with van der Waals surface area (Å²) in [6, 6.07) is 9.31. The van der Waals surface area contributed by atoms with Crippen molar-refractivity contribution in [1.29, 1.82) is 0 Å². The van der Waals surface area contributed by atoms with Gasteiger partial charge in [0.25, 0.3) is 0 Å². The molecule has 1 aliphatic heterocycles. The number of hydrogen-bond acceptors (Lipinski definition) is 4. The molecule has 86 valence electrons. The predicted molar refractivity (Wildman–Crippen MR) is 57.1 cm³/mol. The first kappa shape index (κ1) is 11.0. The summed E-state index contributed by atoms with van der Waals surface area (Å²) < 4.78 is 10.5. The fourth-order valence-electron chi connectivity index (χ4n) is 1.67. The van der Waals surface area contributed by atoms with Crippen LogP contribution in [0.5, 0.6) is 5.75 Å². The Bertz CT molecular complexity index is 349. The van der Waals surface area contributed by atoms with Gasteiger partial charge in [-0.2, -0.15) is 0 Å². The van der Waals surface area contributed by atoms with Crippen molar-refractivity contribution in [2.24, 2.45) is 0 Å². The van der Waals surface area contributed by atoms with Crippen LogP contribution in [0, 0.1) is 0 Å². The number of carbonyl (C=O) groups excluding carboxylic acids is 1. The van der Waals surface area contributed by atoms with E-state index in [1.165, 1.54) is 0 Å². The number of rotatable bonds is 3. The Morgan fingerprint density at radius 2 is 2.12 bits per heavy atom. The molecule has 2 rings (SSSR count). The lowest BCUT2D eigenvalue weighted by Gasteiger charge is -2.25. The molecular formula is C12H14O4. The summed E-state index contributed by atoms with van der Waals surface area (Å²) in [4.78, 5) is 11.1. The van der Waals surface area contributed by atoms with E-state index >= 15 is 0 Å². The maximum Gasteiger partial charge on any atom is 0.308 e. The Morgan fingerprint density at radius 1 is 1.38 bits per heavy atom. The lowest BCUT2D eigenvalue weighted by atomic mass is 10.1. The number of para-hydroxylation sites is 1. The van der Waals surface area contributed by atoms with Crippen LogP contribution in [0.4, 0.5) is 0 Å². The number of cyclic esters (lactones) is 1. The maximum absolute atomic E-state index is 11.1. The summed E-state index contributed by atoms with van der Waals surface area (Å²) >= 11 is 0. The van der Waals surface area contributed by atoms with Crippen LogP contribution in [0.2, 0.25) is 0 Å². The van der Waals surface area contributed by atoms with E-state index in [2.05, 4.69) is 0 Å². The highest BCUT2D eigenvalue weighted by Crippen LogP contribution is 2.17. The number of aliphatic hydroxyl groups excluding tert-OH is 1. The van der Waals surface area contributed by atoms with Gasteiger partial charge in [-0.05, 0) is 12.1 Å². The highest BCUT2D eigenvalue weighted by molar-refractivity contribution is 5.70. The molecule has 1 saturated heterocycles. The van der Waals surface area contributed by atoms with Gasteiger partial charge in [-0.25, -0.2) is 0 Å². The van der Waals surface area contributed by atoms with E-state index in [1.54, 1.807) is 0 Å². The van der Waals surface area contributed by atoms with Crippen molar-refractivity contribution < 1.29 is 19.4 Å². The van der Waals surface area contributed by atoms with Gasteiger partial charge >= 0.3 is 5.97 Å². The molecule has 0 radical (unpaired) electrons. The molecular weight excluding hydrogens is 208 g/mol. The van der Waals surface area contributed by atoms with Crippen molar-refractivity contribution in [3.8, 4) is 5.75 Å². The van der Waals surface area contributed by atoms with Crippen LogP contribution in [-0.4, -0.2) is 29.9 Å². The Labute approximate surface area is 93.8 Å². The van der Waals surface area contributed by atoms with E-state index in [1.807, 2.05) is 30.3 Å². The average molecular weight is 222 g/mol. The minimum absolute atomic E-state index is 0.0852. The average Bonchev–Trinajstić information content (AvgIpc) is 2.27. The first-order valence-corrected chi connectivity index (χ1v) is 5.29. The molecule has 4 heteroatoms. The van der Waals surface area contributed by atoms with Crippen LogP contribution in [0.15, 0.2) is 30.3 Å². The van der Waals surface area contributed by atoms with E-state index in [9.17, 15) is 9.90 Å². The lowest BCUT2D eigenvalue weighted by molar-refractivity contribution is -0.162. The smallest absolute Gasteiger partial charge is 0.308 e. The van der Waals surface area contributed by atoms with Crippen molar-refractivity contribution in [2.45, 2.75) is 25.0 Å². The number of hydrogen-bond donors (Lipinski definition) is 1. The van der Waals surface area contributed by atoms with Crippen LogP contribution in [0.25, 0.3) is 0 Å². The second kappa shape index (κ2) is 4.99. The number of esters is 1. The third-order valence-electron chi connectivity index (χ3n) is 2.41. The second-order valence-corrected chi connectivity index (χ2v) is 3.83. The molecule has 1 fully saturated rings. The highest BCUT2D eigenvalue weighted by atomic mass is 16.6. The number of ether oxygens (including phenoxy) is 2. The first-order chi connectivity index (χ1) is 7.74. The first-order valence-electron chi connectivity index (χ1n) is 5.29.